The van der Waals surface area contributed by atoms with Crippen molar-refractivity contribution in [3.8, 4) is 0 Å². The van der Waals surface area contributed by atoms with Crippen LogP contribution < -0.4 is 0 Å². The largest absolute Gasteiger partial charge is 0.272 e. The minimum Gasteiger partial charge on any atom is -0.272 e. The maximum Gasteiger partial charge on any atom is 0.0659 e. The molecule has 0 amide bonds. The molecule has 0 fully saturated rings. The van der Waals surface area contributed by atoms with Crippen molar-refractivity contribution in [2.75, 3.05) is 0 Å². The Hall–Kier alpha value is -0.790. The van der Waals surface area contributed by atoms with E-state index < -0.39 is 0 Å². The number of hydrogen-bond acceptors (Lipinski definition) is 1. The van der Waals surface area contributed by atoms with Crippen LogP contribution in [0, 0.1) is 6.92 Å². The van der Waals surface area contributed by atoms with E-state index in [1.165, 1.54) is 17.0 Å². The second-order valence-corrected chi connectivity index (χ2v) is 3.58. The number of hydrogen-bond donors (Lipinski definition) is 0. The van der Waals surface area contributed by atoms with Gasteiger partial charge in [-0.25, -0.2) is 0 Å². The lowest BCUT2D eigenvalue weighted by molar-refractivity contribution is 0.722. The molecule has 0 aliphatic carbocycles. The minimum absolute atomic E-state index is 0.591. The van der Waals surface area contributed by atoms with E-state index in [1.807, 2.05) is 25.6 Å². The van der Waals surface area contributed by atoms with Gasteiger partial charge in [0.05, 0.1) is 5.69 Å². The van der Waals surface area contributed by atoms with E-state index in [4.69, 9.17) is 0 Å². The number of rotatable bonds is 2. The van der Waals surface area contributed by atoms with Gasteiger partial charge in [0.25, 0.3) is 0 Å². The zero-order valence-electron chi connectivity index (χ0n) is 10.7. The van der Waals surface area contributed by atoms with Crippen LogP contribution in [0.4, 0.5) is 0 Å². The molecule has 0 N–H and O–H groups in total. The topological polar surface area (TPSA) is 17.8 Å². The SMILES string of the molecule is CC.CCc1nn(C)c(C)c1C(C)C. The molecule has 1 aromatic rings. The van der Waals surface area contributed by atoms with E-state index in [-0.39, 0.29) is 0 Å². The quantitative estimate of drug-likeness (QED) is 0.708. The number of aromatic nitrogens is 2. The van der Waals surface area contributed by atoms with Crippen molar-refractivity contribution in [1.29, 1.82) is 0 Å². The Kier molecular flexibility index (Phi) is 5.51. The molecule has 0 radical (unpaired) electrons. The molecular weight excluding hydrogens is 172 g/mol. The van der Waals surface area contributed by atoms with E-state index in [2.05, 4.69) is 32.8 Å². The van der Waals surface area contributed by atoms with Crippen molar-refractivity contribution < 1.29 is 0 Å². The summed E-state index contributed by atoms with van der Waals surface area (Å²) in [7, 11) is 2.01. The molecule has 0 saturated heterocycles. The molecule has 14 heavy (non-hydrogen) atoms. The molecule has 0 atom stereocenters. The normalized spacial score (nSPS) is 10.0. The molecule has 0 bridgehead atoms. The van der Waals surface area contributed by atoms with Crippen molar-refractivity contribution >= 4 is 0 Å². The van der Waals surface area contributed by atoms with Crippen molar-refractivity contribution in [3.63, 3.8) is 0 Å². The predicted molar refractivity (Wildman–Crippen MR) is 62.8 cm³/mol. The Morgan fingerprint density at radius 3 is 2.07 bits per heavy atom. The molecule has 2 heteroatoms. The van der Waals surface area contributed by atoms with Gasteiger partial charge in [-0.05, 0) is 24.8 Å². The smallest absolute Gasteiger partial charge is 0.0659 e. The minimum atomic E-state index is 0.591. The zero-order valence-corrected chi connectivity index (χ0v) is 10.7. The van der Waals surface area contributed by atoms with Gasteiger partial charge >= 0.3 is 0 Å². The molecule has 82 valence electrons. The number of nitrogens with zero attached hydrogens (tertiary/aromatic N) is 2. The lowest BCUT2D eigenvalue weighted by atomic mass is 10.00. The molecule has 0 saturated carbocycles. The lowest BCUT2D eigenvalue weighted by Crippen LogP contribution is -1.95. The summed E-state index contributed by atoms with van der Waals surface area (Å²) in [4.78, 5) is 0. The Balaban J connectivity index is 0.000000791. The van der Waals surface area contributed by atoms with E-state index >= 15 is 0 Å². The van der Waals surface area contributed by atoms with E-state index in [1.54, 1.807) is 0 Å². The van der Waals surface area contributed by atoms with Gasteiger partial charge < -0.3 is 0 Å². The molecule has 0 spiro atoms. The second kappa shape index (κ2) is 5.84. The first kappa shape index (κ1) is 13.2. The summed E-state index contributed by atoms with van der Waals surface area (Å²) in [6.07, 6.45) is 1.04. The third-order valence-electron chi connectivity index (χ3n) is 2.37. The van der Waals surface area contributed by atoms with Crippen LogP contribution in [0.25, 0.3) is 0 Å². The second-order valence-electron chi connectivity index (χ2n) is 3.58. The maximum absolute atomic E-state index is 4.47. The van der Waals surface area contributed by atoms with E-state index in [9.17, 15) is 0 Å². The highest BCUT2D eigenvalue weighted by atomic mass is 15.3. The third-order valence-corrected chi connectivity index (χ3v) is 2.37. The first-order valence-electron chi connectivity index (χ1n) is 5.60. The fourth-order valence-electron chi connectivity index (χ4n) is 1.71. The van der Waals surface area contributed by atoms with Crippen molar-refractivity contribution in [3.05, 3.63) is 17.0 Å². The molecular formula is C12H24N2. The Morgan fingerprint density at radius 1 is 1.29 bits per heavy atom. The van der Waals surface area contributed by atoms with Crippen LogP contribution in [0.3, 0.4) is 0 Å². The van der Waals surface area contributed by atoms with Gasteiger partial charge in [-0.2, -0.15) is 5.10 Å². The van der Waals surface area contributed by atoms with Crippen molar-refractivity contribution in [1.82, 2.24) is 9.78 Å². The van der Waals surface area contributed by atoms with Crippen molar-refractivity contribution in [2.45, 2.75) is 53.9 Å². The first-order valence-corrected chi connectivity index (χ1v) is 5.60. The summed E-state index contributed by atoms with van der Waals surface area (Å²) in [6, 6.07) is 0. The van der Waals surface area contributed by atoms with Gasteiger partial charge in [0, 0.05) is 12.7 Å². The standard InChI is InChI=1S/C10H18N2.C2H6/c1-6-9-10(7(2)3)8(4)12(5)11-9;1-2/h7H,6H2,1-5H3;1-2H3. The van der Waals surface area contributed by atoms with E-state index in [0.717, 1.165) is 6.42 Å². The fourth-order valence-corrected chi connectivity index (χ4v) is 1.71. The van der Waals surface area contributed by atoms with Gasteiger partial charge in [0.2, 0.25) is 0 Å². The average molecular weight is 196 g/mol. The van der Waals surface area contributed by atoms with Crippen molar-refractivity contribution in [2.24, 2.45) is 7.05 Å². The molecule has 1 heterocycles. The summed E-state index contributed by atoms with van der Waals surface area (Å²) in [6.45, 7) is 12.8. The van der Waals surface area contributed by atoms with Crippen LogP contribution in [0.1, 0.15) is 57.5 Å². The Labute approximate surface area is 88.3 Å². The molecule has 0 aromatic carbocycles. The van der Waals surface area contributed by atoms with Gasteiger partial charge in [0.1, 0.15) is 0 Å². The summed E-state index contributed by atoms with van der Waals surface area (Å²) in [5, 5.41) is 4.47. The summed E-state index contributed by atoms with van der Waals surface area (Å²) in [5.41, 5.74) is 3.99. The van der Waals surface area contributed by atoms with Crippen LogP contribution in [0.5, 0.6) is 0 Å². The predicted octanol–water partition coefficient (Wildman–Crippen LogP) is 3.44. The first-order chi connectivity index (χ1) is 6.57. The average Bonchev–Trinajstić information content (AvgIpc) is 2.46. The fraction of sp³-hybridized carbons (Fsp3) is 0.750. The van der Waals surface area contributed by atoms with Crippen LogP contribution in [0.15, 0.2) is 0 Å². The van der Waals surface area contributed by atoms with Crippen LogP contribution in [0.2, 0.25) is 0 Å². The molecule has 1 aromatic heterocycles. The molecule has 1 rings (SSSR count). The van der Waals surface area contributed by atoms with Crippen LogP contribution in [-0.2, 0) is 13.5 Å². The van der Waals surface area contributed by atoms with Crippen LogP contribution >= 0.6 is 0 Å². The highest BCUT2D eigenvalue weighted by Crippen LogP contribution is 2.22. The highest BCUT2D eigenvalue weighted by molar-refractivity contribution is 5.28. The Bertz CT molecular complexity index is 272. The molecule has 0 aliphatic heterocycles. The highest BCUT2D eigenvalue weighted by Gasteiger charge is 2.13. The van der Waals surface area contributed by atoms with Gasteiger partial charge in [-0.1, -0.05) is 34.6 Å². The van der Waals surface area contributed by atoms with Crippen LogP contribution in [-0.4, -0.2) is 9.78 Å². The third kappa shape index (κ3) is 2.60. The molecule has 2 nitrogen and oxygen atoms in total. The monoisotopic (exact) mass is 196 g/mol. The van der Waals surface area contributed by atoms with Gasteiger partial charge in [0.15, 0.2) is 0 Å². The van der Waals surface area contributed by atoms with Gasteiger partial charge in [-0.15, -0.1) is 0 Å². The maximum atomic E-state index is 4.47. The molecule has 0 aliphatic rings. The number of aryl methyl sites for hydroxylation is 2. The molecule has 0 unspecified atom stereocenters. The summed E-state index contributed by atoms with van der Waals surface area (Å²) >= 11 is 0. The summed E-state index contributed by atoms with van der Waals surface area (Å²) < 4.78 is 1.98. The zero-order chi connectivity index (χ0) is 11.3. The van der Waals surface area contributed by atoms with E-state index in [0.29, 0.717) is 5.92 Å². The Morgan fingerprint density at radius 2 is 1.79 bits per heavy atom. The summed E-state index contributed by atoms with van der Waals surface area (Å²) in [5.74, 6) is 0.591. The van der Waals surface area contributed by atoms with Gasteiger partial charge in [-0.3, -0.25) is 4.68 Å². The lowest BCUT2D eigenvalue weighted by Gasteiger charge is -2.05.